The number of halogens is 2. The average molecular weight is 494 g/mol. The summed E-state index contributed by atoms with van der Waals surface area (Å²) in [5.74, 6) is 1.14. The van der Waals surface area contributed by atoms with E-state index >= 15 is 0 Å². The zero-order chi connectivity index (χ0) is 22.0. The summed E-state index contributed by atoms with van der Waals surface area (Å²) < 4.78 is 8.73. The molecular formula is C20H17Cl2N5O2S2. The van der Waals surface area contributed by atoms with Gasteiger partial charge in [-0.2, -0.15) is 0 Å². The Hall–Kier alpha value is -2.33. The van der Waals surface area contributed by atoms with Crippen molar-refractivity contribution in [3.8, 4) is 5.75 Å². The highest BCUT2D eigenvalue weighted by Crippen LogP contribution is 2.31. The molecule has 31 heavy (non-hydrogen) atoms. The van der Waals surface area contributed by atoms with Gasteiger partial charge in [0.25, 0.3) is 0 Å². The Morgan fingerprint density at radius 2 is 2.06 bits per heavy atom. The summed E-state index contributed by atoms with van der Waals surface area (Å²) in [6.07, 6.45) is -0.401. The molecule has 0 aliphatic carbocycles. The van der Waals surface area contributed by atoms with Crippen LogP contribution < -0.4 is 10.1 Å². The van der Waals surface area contributed by atoms with E-state index < -0.39 is 6.10 Å². The minimum absolute atomic E-state index is 0.161. The highest BCUT2D eigenvalue weighted by Gasteiger charge is 2.19. The van der Waals surface area contributed by atoms with Gasteiger partial charge in [-0.25, -0.2) is 4.98 Å². The molecule has 0 aliphatic heterocycles. The molecule has 0 fully saturated rings. The number of aromatic nitrogens is 4. The number of rotatable bonds is 7. The number of fused-ring (bicyclic) bond motifs is 1. The topological polar surface area (TPSA) is 81.9 Å². The number of amides is 1. The number of ether oxygens (including phenoxy) is 1. The van der Waals surface area contributed by atoms with Crippen molar-refractivity contribution in [2.75, 3.05) is 11.1 Å². The van der Waals surface area contributed by atoms with Gasteiger partial charge < -0.3 is 14.6 Å². The van der Waals surface area contributed by atoms with Crippen molar-refractivity contribution < 1.29 is 9.53 Å². The molecule has 7 nitrogen and oxygen atoms in total. The number of nitrogens with zero attached hydrogens (tertiary/aromatic N) is 4. The standard InChI is InChI=1S/C20H17Cl2N5O2S2/c1-11(29-15-8-7-12(21)9-13(15)22)18-25-26-20(27(18)2)30-10-17(28)24-19-23-14-5-3-4-6-16(14)31-19/h3-9,11H,10H2,1-2H3,(H,23,24,28). The molecule has 1 unspecified atom stereocenters. The number of carbonyl (C=O) groups is 1. The molecule has 11 heteroatoms. The van der Waals surface area contributed by atoms with Crippen molar-refractivity contribution in [3.05, 3.63) is 58.3 Å². The minimum Gasteiger partial charge on any atom is -0.481 e. The molecule has 2 aromatic heterocycles. The molecule has 0 spiro atoms. The van der Waals surface area contributed by atoms with Gasteiger partial charge in [-0.1, -0.05) is 58.4 Å². The van der Waals surface area contributed by atoms with Crippen LogP contribution in [0.5, 0.6) is 5.75 Å². The second-order valence-electron chi connectivity index (χ2n) is 6.56. The third-order valence-corrected chi connectivity index (χ3v) is 6.80. The Kier molecular flexibility index (Phi) is 6.66. The van der Waals surface area contributed by atoms with Crippen LogP contribution in [0.1, 0.15) is 18.9 Å². The Balaban J connectivity index is 1.36. The zero-order valence-corrected chi connectivity index (χ0v) is 19.6. The molecule has 1 amide bonds. The third-order valence-electron chi connectivity index (χ3n) is 4.30. The van der Waals surface area contributed by atoms with Gasteiger partial charge in [0.15, 0.2) is 22.2 Å². The van der Waals surface area contributed by atoms with Crippen LogP contribution in [0, 0.1) is 0 Å². The smallest absolute Gasteiger partial charge is 0.236 e. The Labute approximate surface area is 196 Å². The number of hydrogen-bond donors (Lipinski definition) is 1. The first-order chi connectivity index (χ1) is 14.9. The lowest BCUT2D eigenvalue weighted by molar-refractivity contribution is -0.113. The Bertz CT molecular complexity index is 1210. The van der Waals surface area contributed by atoms with Crippen LogP contribution in [-0.2, 0) is 11.8 Å². The van der Waals surface area contributed by atoms with Gasteiger partial charge >= 0.3 is 0 Å². The first kappa shape index (κ1) is 21.9. The maximum Gasteiger partial charge on any atom is 0.236 e. The van der Waals surface area contributed by atoms with E-state index in [-0.39, 0.29) is 11.7 Å². The molecule has 2 heterocycles. The van der Waals surface area contributed by atoms with Crippen molar-refractivity contribution in [2.45, 2.75) is 18.2 Å². The quantitative estimate of drug-likeness (QED) is 0.337. The van der Waals surface area contributed by atoms with Gasteiger partial charge in [0, 0.05) is 12.1 Å². The van der Waals surface area contributed by atoms with E-state index in [1.807, 2.05) is 38.2 Å². The van der Waals surface area contributed by atoms with Crippen LogP contribution in [-0.4, -0.2) is 31.4 Å². The van der Waals surface area contributed by atoms with E-state index in [9.17, 15) is 4.79 Å². The summed E-state index contributed by atoms with van der Waals surface area (Å²) in [7, 11) is 1.83. The molecule has 0 saturated heterocycles. The molecule has 4 aromatic rings. The maximum absolute atomic E-state index is 12.3. The summed E-state index contributed by atoms with van der Waals surface area (Å²) >= 11 is 14.8. The number of nitrogens with one attached hydrogen (secondary N) is 1. The van der Waals surface area contributed by atoms with Gasteiger partial charge in [-0.15, -0.1) is 10.2 Å². The van der Waals surface area contributed by atoms with Crippen molar-refractivity contribution in [1.82, 2.24) is 19.7 Å². The number of carbonyl (C=O) groups excluding carboxylic acids is 1. The van der Waals surface area contributed by atoms with E-state index in [0.29, 0.717) is 31.9 Å². The number of para-hydroxylation sites is 1. The highest BCUT2D eigenvalue weighted by atomic mass is 35.5. The third kappa shape index (κ3) is 5.12. The van der Waals surface area contributed by atoms with Crippen LogP contribution in [0.3, 0.4) is 0 Å². The fourth-order valence-corrected chi connectivity index (χ4v) is 4.88. The van der Waals surface area contributed by atoms with E-state index in [1.54, 1.807) is 22.8 Å². The lowest BCUT2D eigenvalue weighted by Crippen LogP contribution is -2.14. The average Bonchev–Trinajstić information content (AvgIpc) is 3.31. The lowest BCUT2D eigenvalue weighted by Gasteiger charge is -2.15. The molecule has 0 bridgehead atoms. The van der Waals surface area contributed by atoms with Gasteiger partial charge in [0.1, 0.15) is 5.75 Å². The van der Waals surface area contributed by atoms with Crippen molar-refractivity contribution in [3.63, 3.8) is 0 Å². The van der Waals surface area contributed by atoms with Crippen molar-refractivity contribution >= 4 is 67.6 Å². The summed E-state index contributed by atoms with van der Waals surface area (Å²) in [5, 5.41) is 13.4. The normalized spacial score (nSPS) is 12.1. The van der Waals surface area contributed by atoms with Gasteiger partial charge in [-0.3, -0.25) is 4.79 Å². The zero-order valence-electron chi connectivity index (χ0n) is 16.5. The van der Waals surface area contributed by atoms with E-state index in [1.165, 1.54) is 23.1 Å². The van der Waals surface area contributed by atoms with E-state index in [0.717, 1.165) is 10.2 Å². The molecule has 0 saturated carbocycles. The van der Waals surface area contributed by atoms with E-state index in [4.69, 9.17) is 27.9 Å². The minimum atomic E-state index is -0.401. The SMILES string of the molecule is CC(Oc1ccc(Cl)cc1Cl)c1nnc(SCC(=O)Nc2nc3ccccc3s2)n1C. The van der Waals surface area contributed by atoms with Crippen molar-refractivity contribution in [1.29, 1.82) is 0 Å². The molecule has 160 valence electrons. The second kappa shape index (κ2) is 9.44. The first-order valence-electron chi connectivity index (χ1n) is 9.20. The number of anilines is 1. The second-order valence-corrected chi connectivity index (χ2v) is 9.37. The number of thiazole rings is 1. The van der Waals surface area contributed by atoms with Gasteiger partial charge in [0.05, 0.1) is 21.0 Å². The maximum atomic E-state index is 12.3. The molecule has 0 radical (unpaired) electrons. The predicted molar refractivity (Wildman–Crippen MR) is 125 cm³/mol. The summed E-state index contributed by atoms with van der Waals surface area (Å²) in [4.78, 5) is 16.8. The van der Waals surface area contributed by atoms with Crippen LogP contribution in [0.4, 0.5) is 5.13 Å². The highest BCUT2D eigenvalue weighted by molar-refractivity contribution is 7.99. The van der Waals surface area contributed by atoms with Crippen LogP contribution in [0.2, 0.25) is 10.0 Å². The van der Waals surface area contributed by atoms with Crippen LogP contribution in [0.15, 0.2) is 47.6 Å². The summed E-state index contributed by atoms with van der Waals surface area (Å²) in [6.45, 7) is 1.85. The number of thioether (sulfide) groups is 1. The fourth-order valence-electron chi connectivity index (χ4n) is 2.83. The molecule has 4 rings (SSSR count). The van der Waals surface area contributed by atoms with Gasteiger partial charge in [-0.05, 0) is 37.3 Å². The van der Waals surface area contributed by atoms with Crippen LogP contribution >= 0.6 is 46.3 Å². The Morgan fingerprint density at radius 1 is 1.26 bits per heavy atom. The molecular weight excluding hydrogens is 477 g/mol. The fraction of sp³-hybridized carbons (Fsp3) is 0.200. The number of benzene rings is 2. The molecule has 0 aliphatic rings. The van der Waals surface area contributed by atoms with Gasteiger partial charge in [0.2, 0.25) is 5.91 Å². The summed E-state index contributed by atoms with van der Waals surface area (Å²) in [5.41, 5.74) is 0.864. The first-order valence-corrected chi connectivity index (χ1v) is 11.8. The predicted octanol–water partition coefficient (Wildman–Crippen LogP) is 5.60. The monoisotopic (exact) mass is 493 g/mol. The molecule has 1 N–H and O–H groups in total. The Morgan fingerprint density at radius 3 is 2.84 bits per heavy atom. The largest absolute Gasteiger partial charge is 0.481 e. The molecule has 1 atom stereocenters. The van der Waals surface area contributed by atoms with Crippen LogP contribution in [0.25, 0.3) is 10.2 Å². The van der Waals surface area contributed by atoms with Crippen molar-refractivity contribution in [2.24, 2.45) is 7.05 Å². The molecule has 2 aromatic carbocycles. The van der Waals surface area contributed by atoms with E-state index in [2.05, 4.69) is 20.5 Å². The lowest BCUT2D eigenvalue weighted by atomic mass is 10.3. The number of hydrogen-bond acceptors (Lipinski definition) is 7. The summed E-state index contributed by atoms with van der Waals surface area (Å²) in [6, 6.07) is 12.8.